The van der Waals surface area contributed by atoms with Gasteiger partial charge >= 0.3 is 0 Å². The van der Waals surface area contributed by atoms with Crippen molar-refractivity contribution in [3.05, 3.63) is 23.7 Å². The van der Waals surface area contributed by atoms with E-state index < -0.39 is 0 Å². The van der Waals surface area contributed by atoms with Crippen LogP contribution >= 0.6 is 0 Å². The van der Waals surface area contributed by atoms with Gasteiger partial charge < -0.3 is 9.73 Å². The fourth-order valence-electron chi connectivity index (χ4n) is 2.61. The van der Waals surface area contributed by atoms with Crippen LogP contribution in [0.3, 0.4) is 0 Å². The Hall–Kier alpha value is -0.800. The normalized spacial score (nSPS) is 18.3. The van der Waals surface area contributed by atoms with Crippen molar-refractivity contribution in [2.45, 2.75) is 39.7 Å². The summed E-state index contributed by atoms with van der Waals surface area (Å²) in [6.07, 6.45) is 3.62. The van der Waals surface area contributed by atoms with Gasteiger partial charge in [0.2, 0.25) is 0 Å². The van der Waals surface area contributed by atoms with Gasteiger partial charge in [-0.15, -0.1) is 0 Å². The maximum absolute atomic E-state index is 5.77. The first-order valence-electron chi connectivity index (χ1n) is 7.32. The number of rotatable bonds is 6. The van der Waals surface area contributed by atoms with E-state index in [4.69, 9.17) is 4.42 Å². The summed E-state index contributed by atoms with van der Waals surface area (Å²) >= 11 is 0. The molecule has 3 heteroatoms. The lowest BCUT2D eigenvalue weighted by Crippen LogP contribution is -2.36. The first-order chi connectivity index (χ1) is 8.81. The number of likely N-dealkylation sites (tertiary alicyclic amines) is 1. The van der Waals surface area contributed by atoms with Gasteiger partial charge in [-0.05, 0) is 57.1 Å². The molecule has 0 unspecified atom stereocenters. The molecule has 1 N–H and O–H groups in total. The fourth-order valence-corrected chi connectivity index (χ4v) is 2.61. The second kappa shape index (κ2) is 6.95. The Balaban J connectivity index is 1.73. The molecule has 1 aromatic rings. The summed E-state index contributed by atoms with van der Waals surface area (Å²) < 4.78 is 5.77. The van der Waals surface area contributed by atoms with Crippen LogP contribution in [0, 0.1) is 5.92 Å². The Labute approximate surface area is 111 Å². The molecular formula is C15H26N2O. The molecule has 1 aliphatic heterocycles. The van der Waals surface area contributed by atoms with E-state index in [1.165, 1.54) is 32.5 Å². The zero-order valence-corrected chi connectivity index (χ0v) is 11.7. The highest BCUT2D eigenvalue weighted by Gasteiger charge is 2.19. The Morgan fingerprint density at radius 1 is 1.22 bits per heavy atom. The third-order valence-corrected chi connectivity index (χ3v) is 3.84. The molecule has 0 amide bonds. The number of furan rings is 1. The van der Waals surface area contributed by atoms with Crippen molar-refractivity contribution in [2.24, 2.45) is 5.92 Å². The average Bonchev–Trinajstić information content (AvgIpc) is 2.86. The fraction of sp³-hybridized carbons (Fsp3) is 0.733. The molecule has 0 saturated carbocycles. The highest BCUT2D eigenvalue weighted by molar-refractivity contribution is 5.07. The summed E-state index contributed by atoms with van der Waals surface area (Å²) in [6, 6.07) is 4.23. The molecule has 0 spiro atoms. The van der Waals surface area contributed by atoms with E-state index >= 15 is 0 Å². The van der Waals surface area contributed by atoms with Crippen LogP contribution in [-0.2, 0) is 13.0 Å². The third kappa shape index (κ3) is 3.85. The van der Waals surface area contributed by atoms with Gasteiger partial charge in [0.25, 0.3) is 0 Å². The third-order valence-electron chi connectivity index (χ3n) is 3.84. The van der Waals surface area contributed by atoms with Crippen molar-refractivity contribution in [1.29, 1.82) is 0 Å². The van der Waals surface area contributed by atoms with Crippen molar-refractivity contribution in [3.63, 3.8) is 0 Å². The summed E-state index contributed by atoms with van der Waals surface area (Å²) in [6.45, 7) is 9.98. The predicted molar refractivity (Wildman–Crippen MR) is 74.6 cm³/mol. The lowest BCUT2D eigenvalue weighted by Gasteiger charge is -2.31. The van der Waals surface area contributed by atoms with Crippen LogP contribution in [0.15, 0.2) is 16.5 Å². The minimum absolute atomic E-state index is 0.865. The summed E-state index contributed by atoms with van der Waals surface area (Å²) in [5, 5.41) is 3.46. The summed E-state index contributed by atoms with van der Waals surface area (Å²) in [5.41, 5.74) is 0. The molecule has 0 bridgehead atoms. The molecule has 102 valence electrons. The van der Waals surface area contributed by atoms with E-state index in [0.717, 1.165) is 36.9 Å². The topological polar surface area (TPSA) is 28.4 Å². The average molecular weight is 250 g/mol. The highest BCUT2D eigenvalue weighted by atomic mass is 16.3. The molecule has 0 aliphatic carbocycles. The minimum atomic E-state index is 0.865. The molecule has 0 radical (unpaired) electrons. The first-order valence-corrected chi connectivity index (χ1v) is 7.32. The number of nitrogens with zero attached hydrogens (tertiary/aromatic N) is 1. The molecule has 18 heavy (non-hydrogen) atoms. The molecule has 0 atom stereocenters. The smallest absolute Gasteiger partial charge is 0.118 e. The Morgan fingerprint density at radius 2 is 1.94 bits per heavy atom. The molecule has 1 aliphatic rings. The minimum Gasteiger partial charge on any atom is -0.465 e. The van der Waals surface area contributed by atoms with Crippen LogP contribution in [0.1, 0.15) is 38.2 Å². The molecule has 0 aromatic carbocycles. The number of hydrogen-bond donors (Lipinski definition) is 1. The van der Waals surface area contributed by atoms with Crippen LogP contribution in [0.4, 0.5) is 0 Å². The van der Waals surface area contributed by atoms with Crippen LogP contribution in [-0.4, -0.2) is 31.1 Å². The second-order valence-electron chi connectivity index (χ2n) is 5.25. The first kappa shape index (κ1) is 13.6. The van der Waals surface area contributed by atoms with Crippen LogP contribution in [0.5, 0.6) is 0 Å². The van der Waals surface area contributed by atoms with Crippen molar-refractivity contribution in [2.75, 3.05) is 26.2 Å². The van der Waals surface area contributed by atoms with Gasteiger partial charge in [-0.2, -0.15) is 0 Å². The Morgan fingerprint density at radius 3 is 2.56 bits per heavy atom. The summed E-state index contributed by atoms with van der Waals surface area (Å²) in [7, 11) is 0. The van der Waals surface area contributed by atoms with E-state index in [1.54, 1.807) is 0 Å². The van der Waals surface area contributed by atoms with Gasteiger partial charge in [-0.25, -0.2) is 0 Å². The highest BCUT2D eigenvalue weighted by Crippen LogP contribution is 2.19. The van der Waals surface area contributed by atoms with Gasteiger partial charge in [0.05, 0.1) is 6.54 Å². The van der Waals surface area contributed by atoms with Gasteiger partial charge in [0, 0.05) is 6.42 Å². The number of nitrogens with one attached hydrogen (secondary N) is 1. The van der Waals surface area contributed by atoms with Crippen LogP contribution in [0.25, 0.3) is 0 Å². The molecular weight excluding hydrogens is 224 g/mol. The van der Waals surface area contributed by atoms with Gasteiger partial charge in [-0.3, -0.25) is 4.90 Å². The largest absolute Gasteiger partial charge is 0.465 e. The van der Waals surface area contributed by atoms with E-state index in [1.807, 2.05) is 0 Å². The monoisotopic (exact) mass is 250 g/mol. The Kier molecular flexibility index (Phi) is 5.26. The lowest BCUT2D eigenvalue weighted by molar-refractivity contribution is 0.164. The van der Waals surface area contributed by atoms with Gasteiger partial charge in [-0.1, -0.05) is 13.8 Å². The SMILES string of the molecule is CCNCC1CCN(Cc2ccc(CC)o2)CC1. The molecule has 3 nitrogen and oxygen atoms in total. The predicted octanol–water partition coefficient (Wildman–Crippen LogP) is 2.66. The number of hydrogen-bond acceptors (Lipinski definition) is 3. The summed E-state index contributed by atoms with van der Waals surface area (Å²) in [4.78, 5) is 2.51. The second-order valence-corrected chi connectivity index (χ2v) is 5.25. The summed E-state index contributed by atoms with van der Waals surface area (Å²) in [5.74, 6) is 3.09. The van der Waals surface area contributed by atoms with Gasteiger partial charge in [0.15, 0.2) is 0 Å². The van der Waals surface area contributed by atoms with E-state index in [9.17, 15) is 0 Å². The standard InChI is InChI=1S/C15H26N2O/c1-3-14-5-6-15(18-14)12-17-9-7-13(8-10-17)11-16-4-2/h5-6,13,16H,3-4,7-12H2,1-2H3. The zero-order valence-electron chi connectivity index (χ0n) is 11.7. The Bertz CT molecular complexity index is 340. The van der Waals surface area contributed by atoms with Crippen molar-refractivity contribution in [3.8, 4) is 0 Å². The zero-order chi connectivity index (χ0) is 12.8. The molecule has 2 rings (SSSR count). The van der Waals surface area contributed by atoms with E-state index in [2.05, 4.69) is 36.2 Å². The molecule has 1 saturated heterocycles. The van der Waals surface area contributed by atoms with Crippen LogP contribution < -0.4 is 5.32 Å². The number of piperidine rings is 1. The molecule has 1 aromatic heterocycles. The molecule has 2 heterocycles. The maximum Gasteiger partial charge on any atom is 0.118 e. The van der Waals surface area contributed by atoms with Crippen LogP contribution in [0.2, 0.25) is 0 Å². The van der Waals surface area contributed by atoms with E-state index in [-0.39, 0.29) is 0 Å². The quantitative estimate of drug-likeness (QED) is 0.841. The molecule has 1 fully saturated rings. The number of aryl methyl sites for hydroxylation is 1. The van der Waals surface area contributed by atoms with E-state index in [0.29, 0.717) is 0 Å². The van der Waals surface area contributed by atoms with Gasteiger partial charge in [0.1, 0.15) is 11.5 Å². The van der Waals surface area contributed by atoms with Crippen molar-refractivity contribution in [1.82, 2.24) is 10.2 Å². The van der Waals surface area contributed by atoms with Crippen molar-refractivity contribution < 1.29 is 4.42 Å². The lowest BCUT2D eigenvalue weighted by atomic mass is 9.97. The maximum atomic E-state index is 5.77. The van der Waals surface area contributed by atoms with Crippen molar-refractivity contribution >= 4 is 0 Å².